The highest BCUT2D eigenvalue weighted by molar-refractivity contribution is 7.92. The lowest BCUT2D eigenvalue weighted by atomic mass is 10.1. The first-order chi connectivity index (χ1) is 15.1. The van der Waals surface area contributed by atoms with E-state index in [1.54, 1.807) is 13.0 Å². The van der Waals surface area contributed by atoms with Crippen LogP contribution in [0.15, 0.2) is 71.6 Å². The number of hydrogen-bond donors (Lipinski definition) is 4. The van der Waals surface area contributed by atoms with E-state index in [1.807, 2.05) is 0 Å². The van der Waals surface area contributed by atoms with Gasteiger partial charge in [-0.3, -0.25) is 9.52 Å². The predicted molar refractivity (Wildman–Crippen MR) is 117 cm³/mol. The van der Waals surface area contributed by atoms with Crippen molar-refractivity contribution < 1.29 is 33.0 Å². The summed E-state index contributed by atoms with van der Waals surface area (Å²) in [6, 6.07) is 15.1. The Morgan fingerprint density at radius 2 is 1.44 bits per heavy atom. The van der Waals surface area contributed by atoms with Crippen molar-refractivity contribution in [3.05, 3.63) is 89.0 Å². The highest BCUT2D eigenvalue weighted by Crippen LogP contribution is 2.23. The van der Waals surface area contributed by atoms with Crippen LogP contribution in [0.3, 0.4) is 0 Å². The fraction of sp³-hybridized carbons (Fsp3) is 0.0455. The number of carboxylic acids is 2. The number of carbonyl (C=O) groups excluding carboxylic acids is 1. The quantitative estimate of drug-likeness (QED) is 0.427. The lowest BCUT2D eigenvalue weighted by Crippen LogP contribution is -2.18. The molecule has 0 heterocycles. The summed E-state index contributed by atoms with van der Waals surface area (Å²) in [5, 5.41) is 20.7. The number of amides is 1. The van der Waals surface area contributed by atoms with E-state index in [2.05, 4.69) is 10.0 Å². The molecule has 0 aliphatic carbocycles. The number of hydrogen-bond acceptors (Lipinski definition) is 5. The van der Waals surface area contributed by atoms with Gasteiger partial charge in [-0.1, -0.05) is 18.2 Å². The molecule has 32 heavy (non-hydrogen) atoms. The first-order valence-electron chi connectivity index (χ1n) is 9.19. The van der Waals surface area contributed by atoms with E-state index in [4.69, 9.17) is 5.11 Å². The SMILES string of the molecule is Cc1ccc(C(=O)Nc2ccccc2C(=O)O)cc1S(=O)(=O)Nc1ccc(C(=O)O)cc1. The topological polar surface area (TPSA) is 150 Å². The summed E-state index contributed by atoms with van der Waals surface area (Å²) in [4.78, 5) is 34.8. The molecule has 0 spiro atoms. The minimum atomic E-state index is -4.10. The number of carbonyl (C=O) groups is 3. The van der Waals surface area contributed by atoms with Crippen LogP contribution in [0.2, 0.25) is 0 Å². The Kier molecular flexibility index (Phi) is 6.26. The average molecular weight is 454 g/mol. The van der Waals surface area contributed by atoms with Gasteiger partial charge in [0, 0.05) is 11.3 Å². The van der Waals surface area contributed by atoms with E-state index in [1.165, 1.54) is 60.7 Å². The van der Waals surface area contributed by atoms with Gasteiger partial charge in [0.15, 0.2) is 0 Å². The van der Waals surface area contributed by atoms with Gasteiger partial charge in [-0.05, 0) is 61.0 Å². The highest BCUT2D eigenvalue weighted by Gasteiger charge is 2.20. The molecule has 0 unspecified atom stereocenters. The van der Waals surface area contributed by atoms with Crippen molar-refractivity contribution in [3.63, 3.8) is 0 Å². The number of sulfonamides is 1. The Balaban J connectivity index is 1.88. The summed E-state index contributed by atoms with van der Waals surface area (Å²) in [6.45, 7) is 1.56. The first-order valence-corrected chi connectivity index (χ1v) is 10.7. The lowest BCUT2D eigenvalue weighted by Gasteiger charge is -2.13. The molecule has 3 rings (SSSR count). The molecular formula is C22H18N2O7S. The Morgan fingerprint density at radius 3 is 2.06 bits per heavy atom. The van der Waals surface area contributed by atoms with Gasteiger partial charge in [0.05, 0.1) is 21.7 Å². The number of anilines is 2. The molecule has 0 radical (unpaired) electrons. The summed E-state index contributed by atoms with van der Waals surface area (Å²) < 4.78 is 28.1. The maximum absolute atomic E-state index is 12.9. The molecule has 0 aliphatic rings. The largest absolute Gasteiger partial charge is 0.478 e. The van der Waals surface area contributed by atoms with Gasteiger partial charge in [-0.2, -0.15) is 0 Å². The van der Waals surface area contributed by atoms with E-state index in [9.17, 15) is 27.9 Å². The summed E-state index contributed by atoms with van der Waals surface area (Å²) >= 11 is 0. The molecule has 0 atom stereocenters. The van der Waals surface area contributed by atoms with Crippen molar-refractivity contribution in [1.82, 2.24) is 0 Å². The van der Waals surface area contributed by atoms with Crippen LogP contribution in [0.4, 0.5) is 11.4 Å². The fourth-order valence-corrected chi connectivity index (χ4v) is 4.23. The van der Waals surface area contributed by atoms with Crippen molar-refractivity contribution in [2.45, 2.75) is 11.8 Å². The fourth-order valence-electron chi connectivity index (χ4n) is 2.89. The maximum Gasteiger partial charge on any atom is 0.337 e. The molecule has 1 amide bonds. The highest BCUT2D eigenvalue weighted by atomic mass is 32.2. The molecule has 0 bridgehead atoms. The number of nitrogens with one attached hydrogen (secondary N) is 2. The minimum absolute atomic E-state index is 0.00411. The van der Waals surface area contributed by atoms with E-state index in [0.717, 1.165) is 0 Å². The van der Waals surface area contributed by atoms with Gasteiger partial charge in [-0.25, -0.2) is 18.0 Å². The van der Waals surface area contributed by atoms with Crippen LogP contribution in [0.1, 0.15) is 36.6 Å². The van der Waals surface area contributed by atoms with E-state index in [0.29, 0.717) is 5.56 Å². The van der Waals surface area contributed by atoms with Crippen LogP contribution in [-0.2, 0) is 10.0 Å². The van der Waals surface area contributed by atoms with Crippen LogP contribution >= 0.6 is 0 Å². The van der Waals surface area contributed by atoms with Crippen molar-refractivity contribution in [3.8, 4) is 0 Å². The second-order valence-electron chi connectivity index (χ2n) is 6.77. The Bertz CT molecular complexity index is 1320. The van der Waals surface area contributed by atoms with Gasteiger partial charge in [-0.15, -0.1) is 0 Å². The molecule has 3 aromatic rings. The average Bonchev–Trinajstić information content (AvgIpc) is 2.74. The smallest absolute Gasteiger partial charge is 0.337 e. The van der Waals surface area contributed by atoms with Crippen molar-refractivity contribution in [2.75, 3.05) is 10.0 Å². The molecule has 0 fully saturated rings. The van der Waals surface area contributed by atoms with Gasteiger partial charge >= 0.3 is 11.9 Å². The Hall–Kier alpha value is -4.18. The molecule has 0 aliphatic heterocycles. The van der Waals surface area contributed by atoms with Gasteiger partial charge in [0.25, 0.3) is 15.9 Å². The second-order valence-corrected chi connectivity index (χ2v) is 8.42. The molecule has 10 heteroatoms. The standard InChI is InChI=1S/C22H18N2O7S/c1-13-6-7-15(20(25)23-18-5-3-2-4-17(18)22(28)29)12-19(13)32(30,31)24-16-10-8-14(9-11-16)21(26)27/h2-12,24H,1H3,(H,23,25)(H,26,27)(H,28,29). The molecule has 0 saturated heterocycles. The van der Waals surface area contributed by atoms with Crippen molar-refractivity contribution in [1.29, 1.82) is 0 Å². The molecule has 0 aromatic heterocycles. The number of para-hydroxylation sites is 1. The summed E-state index contributed by atoms with van der Waals surface area (Å²) in [7, 11) is -4.10. The zero-order chi connectivity index (χ0) is 23.5. The van der Waals surface area contributed by atoms with Gasteiger partial charge < -0.3 is 15.5 Å². The molecular weight excluding hydrogens is 436 g/mol. The maximum atomic E-state index is 12.9. The van der Waals surface area contributed by atoms with Crippen molar-refractivity contribution >= 4 is 39.2 Å². The lowest BCUT2D eigenvalue weighted by molar-refractivity contribution is 0.0686. The summed E-state index contributed by atoms with van der Waals surface area (Å²) in [6.07, 6.45) is 0. The van der Waals surface area contributed by atoms with Gasteiger partial charge in [0.2, 0.25) is 0 Å². The van der Waals surface area contributed by atoms with Crippen LogP contribution in [0.25, 0.3) is 0 Å². The number of aromatic carboxylic acids is 2. The molecule has 9 nitrogen and oxygen atoms in total. The molecule has 4 N–H and O–H groups in total. The van der Waals surface area contributed by atoms with Crippen molar-refractivity contribution in [2.24, 2.45) is 0 Å². The summed E-state index contributed by atoms with van der Waals surface area (Å²) in [5.41, 5.74) is 0.516. The molecule has 164 valence electrons. The van der Waals surface area contributed by atoms with Crippen LogP contribution in [-0.4, -0.2) is 36.5 Å². The zero-order valence-corrected chi connectivity index (χ0v) is 17.5. The number of aryl methyl sites for hydroxylation is 1. The predicted octanol–water partition coefficient (Wildman–Crippen LogP) is 3.44. The number of rotatable bonds is 7. The number of benzene rings is 3. The van der Waals surface area contributed by atoms with Crippen LogP contribution in [0.5, 0.6) is 0 Å². The number of carboxylic acid groups (broad SMARTS) is 2. The Labute approximate surface area is 183 Å². The van der Waals surface area contributed by atoms with E-state index < -0.39 is 27.9 Å². The zero-order valence-electron chi connectivity index (χ0n) is 16.7. The minimum Gasteiger partial charge on any atom is -0.478 e. The first kappa shape index (κ1) is 22.5. The third kappa shape index (κ3) is 4.93. The van der Waals surface area contributed by atoms with E-state index in [-0.39, 0.29) is 33.0 Å². The normalized spacial score (nSPS) is 10.9. The summed E-state index contributed by atoms with van der Waals surface area (Å²) in [5.74, 6) is -3.04. The van der Waals surface area contributed by atoms with Crippen LogP contribution < -0.4 is 10.0 Å². The Morgan fingerprint density at radius 1 is 0.812 bits per heavy atom. The second kappa shape index (κ2) is 8.90. The van der Waals surface area contributed by atoms with E-state index >= 15 is 0 Å². The molecule has 0 saturated carbocycles. The third-order valence-corrected chi connectivity index (χ3v) is 6.05. The third-order valence-electron chi connectivity index (χ3n) is 4.53. The monoisotopic (exact) mass is 454 g/mol. The molecule has 3 aromatic carbocycles. The van der Waals surface area contributed by atoms with Gasteiger partial charge in [0.1, 0.15) is 0 Å². The van der Waals surface area contributed by atoms with Crippen LogP contribution in [0, 0.1) is 6.92 Å².